The summed E-state index contributed by atoms with van der Waals surface area (Å²) in [7, 11) is 1.92. The monoisotopic (exact) mass is 422 g/mol. The average Bonchev–Trinajstić information content (AvgIpc) is 3.54. The fourth-order valence-electron chi connectivity index (χ4n) is 4.70. The van der Waals surface area contributed by atoms with Gasteiger partial charge >= 0.3 is 0 Å². The molecule has 0 radical (unpaired) electrons. The molecule has 1 saturated heterocycles. The van der Waals surface area contributed by atoms with Gasteiger partial charge in [0.2, 0.25) is 11.9 Å². The van der Waals surface area contributed by atoms with Gasteiger partial charge < -0.3 is 15.0 Å². The van der Waals surface area contributed by atoms with Crippen LogP contribution < -0.4 is 15.5 Å². The molecule has 0 unspecified atom stereocenters. The molecule has 0 spiro atoms. The molecule has 164 valence electrons. The first-order valence-corrected chi connectivity index (χ1v) is 11.0. The van der Waals surface area contributed by atoms with E-state index in [-0.39, 0.29) is 28.9 Å². The van der Waals surface area contributed by atoms with Crippen LogP contribution >= 0.6 is 0 Å². The third-order valence-electron chi connectivity index (χ3n) is 6.69. The number of carbonyl (C=O) groups excluding carboxylic acids is 1. The molecule has 4 heterocycles. The molecule has 0 aromatic carbocycles. The van der Waals surface area contributed by atoms with Crippen LogP contribution in [0.4, 0.5) is 17.6 Å². The Kier molecular flexibility index (Phi) is 4.75. The molecule has 8 heteroatoms. The fourth-order valence-corrected chi connectivity index (χ4v) is 4.70. The normalized spacial score (nSPS) is 26.3. The van der Waals surface area contributed by atoms with Gasteiger partial charge in [0.05, 0.1) is 23.9 Å². The molecule has 8 nitrogen and oxygen atoms in total. The van der Waals surface area contributed by atoms with Crippen LogP contribution in [0.15, 0.2) is 24.4 Å². The lowest BCUT2D eigenvalue weighted by molar-refractivity contribution is -0.117. The van der Waals surface area contributed by atoms with Gasteiger partial charge in [-0.15, -0.1) is 0 Å². The highest BCUT2D eigenvalue weighted by atomic mass is 16.5. The SMILES string of the molecule is CNCc1cccc(N2c3nc(NC(=O)C4CC4)ncc3[C@@]3(C)COC(C)(C)C[C@@H]23)n1. The third-order valence-corrected chi connectivity index (χ3v) is 6.69. The minimum absolute atomic E-state index is 0.00624. The van der Waals surface area contributed by atoms with Gasteiger partial charge in [-0.05, 0) is 52.3 Å². The molecular formula is C23H30N6O2. The molecule has 31 heavy (non-hydrogen) atoms. The number of hydrogen-bond donors (Lipinski definition) is 2. The number of hydrogen-bond acceptors (Lipinski definition) is 7. The van der Waals surface area contributed by atoms with Crippen molar-refractivity contribution < 1.29 is 9.53 Å². The molecule has 2 atom stereocenters. The van der Waals surface area contributed by atoms with Crippen LogP contribution in [0.3, 0.4) is 0 Å². The van der Waals surface area contributed by atoms with E-state index < -0.39 is 0 Å². The third kappa shape index (κ3) is 3.57. The Hall–Kier alpha value is -2.58. The van der Waals surface area contributed by atoms with E-state index in [2.05, 4.69) is 41.3 Å². The molecule has 2 aromatic heterocycles. The Morgan fingerprint density at radius 2 is 2.06 bits per heavy atom. The van der Waals surface area contributed by atoms with Gasteiger partial charge in [0.1, 0.15) is 11.6 Å². The van der Waals surface area contributed by atoms with Crippen molar-refractivity contribution >= 4 is 23.5 Å². The Morgan fingerprint density at radius 3 is 2.81 bits per heavy atom. The number of aromatic nitrogens is 3. The highest BCUT2D eigenvalue weighted by Crippen LogP contribution is 2.52. The number of amides is 1. The van der Waals surface area contributed by atoms with Crippen molar-refractivity contribution in [1.29, 1.82) is 0 Å². The van der Waals surface area contributed by atoms with Gasteiger partial charge in [-0.2, -0.15) is 4.98 Å². The zero-order chi connectivity index (χ0) is 21.8. The van der Waals surface area contributed by atoms with Crippen LogP contribution in [-0.4, -0.2) is 46.2 Å². The van der Waals surface area contributed by atoms with Crippen molar-refractivity contribution in [2.24, 2.45) is 5.92 Å². The number of rotatable bonds is 5. The minimum Gasteiger partial charge on any atom is -0.374 e. The quantitative estimate of drug-likeness (QED) is 0.765. The van der Waals surface area contributed by atoms with E-state index in [9.17, 15) is 4.79 Å². The maximum atomic E-state index is 12.3. The number of fused-ring (bicyclic) bond motifs is 3. The molecule has 2 fully saturated rings. The second-order valence-electron chi connectivity index (χ2n) is 9.77. The minimum atomic E-state index is -0.259. The summed E-state index contributed by atoms with van der Waals surface area (Å²) < 4.78 is 6.24. The van der Waals surface area contributed by atoms with E-state index in [1.54, 1.807) is 0 Å². The van der Waals surface area contributed by atoms with Crippen molar-refractivity contribution in [1.82, 2.24) is 20.3 Å². The Bertz CT molecular complexity index is 1020. The Labute approximate surface area is 182 Å². The van der Waals surface area contributed by atoms with Gasteiger partial charge in [-0.1, -0.05) is 13.0 Å². The van der Waals surface area contributed by atoms with E-state index >= 15 is 0 Å². The van der Waals surface area contributed by atoms with E-state index in [1.807, 2.05) is 31.4 Å². The molecule has 2 aromatic rings. The van der Waals surface area contributed by atoms with Gasteiger partial charge in [-0.25, -0.2) is 9.97 Å². The van der Waals surface area contributed by atoms with Crippen LogP contribution in [0.5, 0.6) is 0 Å². The molecule has 3 aliphatic rings. The number of nitrogens with one attached hydrogen (secondary N) is 2. The maximum absolute atomic E-state index is 12.3. The van der Waals surface area contributed by atoms with Crippen molar-refractivity contribution in [2.45, 2.75) is 63.6 Å². The summed E-state index contributed by atoms with van der Waals surface area (Å²) in [6.45, 7) is 7.76. The van der Waals surface area contributed by atoms with Gasteiger partial charge in [-0.3, -0.25) is 10.1 Å². The summed E-state index contributed by atoms with van der Waals surface area (Å²) in [5, 5.41) is 6.07. The number of ether oxygens (including phenoxy) is 1. The predicted molar refractivity (Wildman–Crippen MR) is 118 cm³/mol. The summed E-state index contributed by atoms with van der Waals surface area (Å²) in [6, 6.07) is 6.21. The van der Waals surface area contributed by atoms with Gasteiger partial charge in [0, 0.05) is 29.6 Å². The van der Waals surface area contributed by atoms with Crippen LogP contribution in [0, 0.1) is 5.92 Å². The van der Waals surface area contributed by atoms with Crippen molar-refractivity contribution in [3.8, 4) is 0 Å². The first-order chi connectivity index (χ1) is 14.8. The van der Waals surface area contributed by atoms with E-state index in [1.165, 1.54) is 0 Å². The highest BCUT2D eigenvalue weighted by Gasteiger charge is 2.55. The molecule has 0 bridgehead atoms. The van der Waals surface area contributed by atoms with E-state index in [0.29, 0.717) is 19.1 Å². The zero-order valence-corrected chi connectivity index (χ0v) is 18.6. The van der Waals surface area contributed by atoms with Crippen LogP contribution in [0.1, 0.15) is 51.3 Å². The lowest BCUT2D eigenvalue weighted by Crippen LogP contribution is -2.54. The number of anilines is 3. The zero-order valence-electron chi connectivity index (χ0n) is 18.6. The highest BCUT2D eigenvalue weighted by molar-refractivity contribution is 5.92. The average molecular weight is 423 g/mol. The van der Waals surface area contributed by atoms with E-state index in [4.69, 9.17) is 14.7 Å². The molecule has 2 aliphatic heterocycles. The van der Waals surface area contributed by atoms with Crippen LogP contribution in [-0.2, 0) is 21.5 Å². The second-order valence-corrected chi connectivity index (χ2v) is 9.77. The summed E-state index contributed by atoms with van der Waals surface area (Å²) in [4.78, 5) is 28.8. The molecule has 1 amide bonds. The molecule has 2 N–H and O–H groups in total. The van der Waals surface area contributed by atoms with Crippen molar-refractivity contribution in [2.75, 3.05) is 23.9 Å². The number of carbonyl (C=O) groups is 1. The van der Waals surface area contributed by atoms with Gasteiger partial charge in [0.15, 0.2) is 0 Å². The summed E-state index contributed by atoms with van der Waals surface area (Å²) in [5.74, 6) is 2.13. The molecule has 1 saturated carbocycles. The molecular weight excluding hydrogens is 392 g/mol. The Balaban J connectivity index is 1.59. The lowest BCUT2D eigenvalue weighted by Gasteiger charge is -2.46. The predicted octanol–water partition coefficient (Wildman–Crippen LogP) is 2.92. The topological polar surface area (TPSA) is 92.3 Å². The largest absolute Gasteiger partial charge is 0.374 e. The first-order valence-electron chi connectivity index (χ1n) is 11.0. The second kappa shape index (κ2) is 7.24. The summed E-state index contributed by atoms with van der Waals surface area (Å²) in [5.41, 5.74) is 1.50. The standard InChI is InChI=1S/C23H30N6O2/c1-22(2)10-17-23(3,13-31-22)16-12-25-21(28-20(30)14-8-9-14)27-19(16)29(17)18-7-5-6-15(26-18)11-24-4/h5-7,12,14,17,24H,8-11,13H2,1-4H3,(H,25,27,28,30)/t17-,23-/m1/s1. The van der Waals surface area contributed by atoms with Crippen LogP contribution in [0.2, 0.25) is 0 Å². The number of nitrogens with zero attached hydrogens (tertiary/aromatic N) is 4. The lowest BCUT2D eigenvalue weighted by atomic mass is 9.73. The van der Waals surface area contributed by atoms with Crippen molar-refractivity contribution in [3.05, 3.63) is 35.7 Å². The van der Waals surface area contributed by atoms with Gasteiger partial charge in [0.25, 0.3) is 0 Å². The Morgan fingerprint density at radius 1 is 1.26 bits per heavy atom. The smallest absolute Gasteiger partial charge is 0.231 e. The molecule has 5 rings (SSSR count). The van der Waals surface area contributed by atoms with Crippen molar-refractivity contribution in [3.63, 3.8) is 0 Å². The summed E-state index contributed by atoms with van der Waals surface area (Å²) >= 11 is 0. The van der Waals surface area contributed by atoms with Crippen LogP contribution in [0.25, 0.3) is 0 Å². The maximum Gasteiger partial charge on any atom is 0.231 e. The number of pyridine rings is 1. The fraction of sp³-hybridized carbons (Fsp3) is 0.565. The molecule has 1 aliphatic carbocycles. The van der Waals surface area contributed by atoms with E-state index in [0.717, 1.165) is 42.2 Å². The summed E-state index contributed by atoms with van der Waals surface area (Å²) in [6.07, 6.45) is 4.58. The first kappa shape index (κ1) is 20.3.